The molecule has 7 heteroatoms. The highest BCUT2D eigenvalue weighted by Crippen LogP contribution is 2.37. The van der Waals surface area contributed by atoms with Crippen LogP contribution in [-0.4, -0.2) is 26.4 Å². The molecule has 3 N–H and O–H groups in total. The van der Waals surface area contributed by atoms with Gasteiger partial charge < -0.3 is 15.2 Å². The van der Waals surface area contributed by atoms with E-state index in [0.717, 1.165) is 36.5 Å². The molecule has 0 amide bonds. The number of H-pyrrole nitrogens is 1. The molecule has 0 bridgehead atoms. The maximum atomic E-state index is 6.20. The van der Waals surface area contributed by atoms with Crippen LogP contribution >= 0.6 is 11.8 Å². The SMILES string of the molecule is CSCc1noc(-c2cnc(C3(N)CCC3)[nH]2)n1. The van der Waals surface area contributed by atoms with E-state index in [2.05, 4.69) is 20.1 Å². The first kappa shape index (κ1) is 11.7. The van der Waals surface area contributed by atoms with E-state index >= 15 is 0 Å². The van der Waals surface area contributed by atoms with E-state index in [1.165, 1.54) is 0 Å². The zero-order chi connectivity index (χ0) is 12.6. The Morgan fingerprint density at radius 1 is 1.56 bits per heavy atom. The van der Waals surface area contributed by atoms with Crippen molar-refractivity contribution < 1.29 is 4.52 Å². The molecule has 18 heavy (non-hydrogen) atoms. The van der Waals surface area contributed by atoms with Crippen LogP contribution in [0.15, 0.2) is 10.7 Å². The maximum Gasteiger partial charge on any atom is 0.276 e. The minimum absolute atomic E-state index is 0.291. The predicted molar refractivity (Wildman–Crippen MR) is 68.8 cm³/mol. The van der Waals surface area contributed by atoms with E-state index in [-0.39, 0.29) is 5.54 Å². The lowest BCUT2D eigenvalue weighted by Gasteiger charge is -2.35. The third-order valence-corrected chi connectivity index (χ3v) is 3.81. The molecule has 6 nitrogen and oxygen atoms in total. The number of aromatic nitrogens is 4. The molecule has 0 atom stereocenters. The van der Waals surface area contributed by atoms with Gasteiger partial charge in [0.1, 0.15) is 11.5 Å². The predicted octanol–water partition coefficient (Wildman–Crippen LogP) is 1.66. The minimum Gasteiger partial charge on any atom is -0.336 e. The Morgan fingerprint density at radius 2 is 2.39 bits per heavy atom. The van der Waals surface area contributed by atoms with E-state index in [1.807, 2.05) is 6.26 Å². The van der Waals surface area contributed by atoms with Crippen molar-refractivity contribution in [3.63, 3.8) is 0 Å². The van der Waals surface area contributed by atoms with Crippen LogP contribution in [0.1, 0.15) is 30.9 Å². The molecule has 0 saturated heterocycles. The number of hydrogen-bond donors (Lipinski definition) is 2. The first-order chi connectivity index (χ1) is 8.71. The Kier molecular flexibility index (Phi) is 2.87. The van der Waals surface area contributed by atoms with Crippen LogP contribution in [0.3, 0.4) is 0 Å². The van der Waals surface area contributed by atoms with Crippen molar-refractivity contribution in [3.05, 3.63) is 17.8 Å². The van der Waals surface area contributed by atoms with Crippen LogP contribution in [0, 0.1) is 0 Å². The number of nitrogens with two attached hydrogens (primary N) is 1. The van der Waals surface area contributed by atoms with Gasteiger partial charge in [-0.3, -0.25) is 0 Å². The molecule has 96 valence electrons. The lowest BCUT2D eigenvalue weighted by atomic mass is 9.77. The number of imidazole rings is 1. The summed E-state index contributed by atoms with van der Waals surface area (Å²) in [6.45, 7) is 0. The zero-order valence-electron chi connectivity index (χ0n) is 10.1. The van der Waals surface area contributed by atoms with Crippen molar-refractivity contribution in [2.45, 2.75) is 30.6 Å². The molecule has 0 unspecified atom stereocenters. The summed E-state index contributed by atoms with van der Waals surface area (Å²) in [5, 5.41) is 3.90. The molecule has 0 aliphatic heterocycles. The smallest absolute Gasteiger partial charge is 0.276 e. The molecule has 0 radical (unpaired) electrons. The van der Waals surface area contributed by atoms with Crippen molar-refractivity contribution in [3.8, 4) is 11.6 Å². The van der Waals surface area contributed by atoms with Gasteiger partial charge in [0, 0.05) is 0 Å². The maximum absolute atomic E-state index is 6.20. The highest BCUT2D eigenvalue weighted by atomic mass is 32.2. The average molecular weight is 265 g/mol. The van der Waals surface area contributed by atoms with Gasteiger partial charge in [0.05, 0.1) is 17.5 Å². The molecule has 1 aliphatic rings. The number of hydrogen-bond acceptors (Lipinski definition) is 6. The Morgan fingerprint density at radius 3 is 3.06 bits per heavy atom. The number of nitrogens with zero attached hydrogens (tertiary/aromatic N) is 3. The third-order valence-electron chi connectivity index (χ3n) is 3.27. The number of rotatable bonds is 4. The molecule has 2 heterocycles. The van der Waals surface area contributed by atoms with E-state index in [1.54, 1.807) is 18.0 Å². The van der Waals surface area contributed by atoms with E-state index in [0.29, 0.717) is 11.7 Å². The molecule has 1 aliphatic carbocycles. The number of aromatic amines is 1. The van der Waals surface area contributed by atoms with Crippen LogP contribution in [0.2, 0.25) is 0 Å². The van der Waals surface area contributed by atoms with E-state index in [9.17, 15) is 0 Å². The largest absolute Gasteiger partial charge is 0.336 e. The van der Waals surface area contributed by atoms with Gasteiger partial charge in [-0.25, -0.2) is 4.98 Å². The first-order valence-corrected chi connectivity index (χ1v) is 7.27. The highest BCUT2D eigenvalue weighted by molar-refractivity contribution is 7.97. The molecular formula is C11H15N5OS. The fourth-order valence-electron chi connectivity index (χ4n) is 2.03. The van der Waals surface area contributed by atoms with Crippen molar-refractivity contribution in [2.75, 3.05) is 6.26 Å². The average Bonchev–Trinajstić information content (AvgIpc) is 2.94. The van der Waals surface area contributed by atoms with Gasteiger partial charge in [0.2, 0.25) is 0 Å². The van der Waals surface area contributed by atoms with Crippen LogP contribution in [0.4, 0.5) is 0 Å². The summed E-state index contributed by atoms with van der Waals surface area (Å²) >= 11 is 1.65. The normalized spacial score (nSPS) is 17.7. The summed E-state index contributed by atoms with van der Waals surface area (Å²) in [7, 11) is 0. The second-order valence-corrected chi connectivity index (χ2v) is 5.47. The van der Waals surface area contributed by atoms with Gasteiger partial charge >= 0.3 is 0 Å². The molecule has 1 saturated carbocycles. The van der Waals surface area contributed by atoms with Crippen LogP contribution < -0.4 is 5.73 Å². The standard InChI is InChI=1S/C11H15N5OS/c1-18-6-8-15-9(17-16-8)7-5-13-10(14-7)11(12)3-2-4-11/h5H,2-4,6,12H2,1H3,(H,13,14). The molecule has 0 aromatic carbocycles. The van der Waals surface area contributed by atoms with Gasteiger partial charge in [-0.15, -0.1) is 0 Å². The Labute approximate surface area is 109 Å². The summed E-state index contributed by atoms with van der Waals surface area (Å²) < 4.78 is 5.19. The first-order valence-electron chi connectivity index (χ1n) is 5.87. The monoisotopic (exact) mass is 265 g/mol. The van der Waals surface area contributed by atoms with E-state index in [4.69, 9.17) is 10.3 Å². The van der Waals surface area contributed by atoms with Crippen LogP contribution in [0.25, 0.3) is 11.6 Å². The second kappa shape index (κ2) is 4.40. The van der Waals surface area contributed by atoms with Gasteiger partial charge in [-0.1, -0.05) is 5.16 Å². The van der Waals surface area contributed by atoms with Gasteiger partial charge in [-0.05, 0) is 25.5 Å². The van der Waals surface area contributed by atoms with Crippen molar-refractivity contribution in [1.82, 2.24) is 20.1 Å². The molecule has 2 aromatic rings. The topological polar surface area (TPSA) is 93.6 Å². The molecule has 1 fully saturated rings. The minimum atomic E-state index is -0.291. The zero-order valence-corrected chi connectivity index (χ0v) is 11.0. The summed E-state index contributed by atoms with van der Waals surface area (Å²) in [6.07, 6.45) is 6.81. The Bertz CT molecular complexity index is 545. The second-order valence-electron chi connectivity index (χ2n) is 4.60. The van der Waals surface area contributed by atoms with Gasteiger partial charge in [0.25, 0.3) is 5.89 Å². The van der Waals surface area contributed by atoms with Gasteiger partial charge in [0.15, 0.2) is 5.82 Å². The summed E-state index contributed by atoms with van der Waals surface area (Å²) in [4.78, 5) is 11.8. The fourth-order valence-corrected chi connectivity index (χ4v) is 2.40. The third kappa shape index (κ3) is 1.93. The van der Waals surface area contributed by atoms with Gasteiger partial charge in [-0.2, -0.15) is 16.7 Å². The number of nitrogens with one attached hydrogen (secondary N) is 1. The Balaban J connectivity index is 1.83. The van der Waals surface area contributed by atoms with Crippen LogP contribution in [-0.2, 0) is 11.3 Å². The van der Waals surface area contributed by atoms with Crippen molar-refractivity contribution in [1.29, 1.82) is 0 Å². The molecular weight excluding hydrogens is 250 g/mol. The highest BCUT2D eigenvalue weighted by Gasteiger charge is 2.37. The Hall–Kier alpha value is -1.34. The van der Waals surface area contributed by atoms with E-state index < -0.39 is 0 Å². The summed E-state index contributed by atoms with van der Waals surface area (Å²) in [5.74, 6) is 2.72. The fraction of sp³-hybridized carbons (Fsp3) is 0.545. The molecule has 0 spiro atoms. The summed E-state index contributed by atoms with van der Waals surface area (Å²) in [6, 6.07) is 0. The van der Waals surface area contributed by atoms with Crippen LogP contribution in [0.5, 0.6) is 0 Å². The number of thioether (sulfide) groups is 1. The van der Waals surface area contributed by atoms with Crippen molar-refractivity contribution >= 4 is 11.8 Å². The lowest BCUT2D eigenvalue weighted by molar-refractivity contribution is 0.240. The quantitative estimate of drug-likeness (QED) is 0.873. The van der Waals surface area contributed by atoms with Crippen molar-refractivity contribution in [2.24, 2.45) is 5.73 Å². The molecule has 2 aromatic heterocycles. The lowest BCUT2D eigenvalue weighted by Crippen LogP contribution is -2.44. The summed E-state index contributed by atoms with van der Waals surface area (Å²) in [5.41, 5.74) is 6.65. The molecule has 3 rings (SSSR count).